The van der Waals surface area contributed by atoms with Crippen LogP contribution >= 0.6 is 0 Å². The predicted molar refractivity (Wildman–Crippen MR) is 79.9 cm³/mol. The van der Waals surface area contributed by atoms with Crippen molar-refractivity contribution in [3.8, 4) is 11.5 Å². The third kappa shape index (κ3) is 1.82. The lowest BCUT2D eigenvalue weighted by atomic mass is 9.69. The number of benzene rings is 1. The summed E-state index contributed by atoms with van der Waals surface area (Å²) in [6.07, 6.45) is 5.44. The molecule has 2 aliphatic carbocycles. The fourth-order valence-electron chi connectivity index (χ4n) is 4.77. The molecule has 0 aromatic heterocycles. The molecule has 0 saturated heterocycles. The minimum atomic E-state index is -0.177. The Morgan fingerprint density at radius 1 is 1.33 bits per heavy atom. The number of aliphatic hydroxyl groups excluding tert-OH is 1. The molecule has 1 saturated carbocycles. The van der Waals surface area contributed by atoms with Gasteiger partial charge in [0.2, 0.25) is 0 Å². The highest BCUT2D eigenvalue weighted by Crippen LogP contribution is 2.59. The molecule has 3 N–H and O–H groups in total. The molecule has 3 aliphatic rings. The van der Waals surface area contributed by atoms with Gasteiger partial charge in [-0.15, -0.1) is 0 Å². The molecule has 1 atom stereocenters. The number of aliphatic hydroxyl groups is 1. The fraction of sp³-hybridized carbons (Fsp3) is 0.647. The van der Waals surface area contributed by atoms with E-state index in [4.69, 9.17) is 4.74 Å². The molecule has 1 fully saturated rings. The molecule has 1 aliphatic heterocycles. The molecule has 1 aromatic rings. The average Bonchev–Trinajstić information content (AvgIpc) is 2.82. The van der Waals surface area contributed by atoms with Crippen LogP contribution in [0.15, 0.2) is 6.07 Å². The van der Waals surface area contributed by atoms with Gasteiger partial charge < -0.3 is 20.3 Å². The Balaban J connectivity index is 1.89. The van der Waals surface area contributed by atoms with Crippen LogP contribution in [0.25, 0.3) is 0 Å². The summed E-state index contributed by atoms with van der Waals surface area (Å²) in [5.74, 6) is 0.940. The van der Waals surface area contributed by atoms with Crippen molar-refractivity contribution in [1.82, 2.24) is 5.32 Å². The van der Waals surface area contributed by atoms with Gasteiger partial charge >= 0.3 is 0 Å². The van der Waals surface area contributed by atoms with Gasteiger partial charge in [0.05, 0.1) is 13.2 Å². The molecule has 4 heteroatoms. The van der Waals surface area contributed by atoms with Gasteiger partial charge in [0, 0.05) is 17.0 Å². The number of fused-ring (bicyclic) bond motifs is 1. The van der Waals surface area contributed by atoms with E-state index in [-0.39, 0.29) is 11.5 Å². The zero-order valence-electron chi connectivity index (χ0n) is 12.5. The van der Waals surface area contributed by atoms with Gasteiger partial charge in [-0.05, 0) is 62.3 Å². The summed E-state index contributed by atoms with van der Waals surface area (Å²) in [5.41, 5.74) is 3.77. The summed E-state index contributed by atoms with van der Waals surface area (Å²) in [4.78, 5) is 0. The van der Waals surface area contributed by atoms with Crippen molar-refractivity contribution in [2.75, 3.05) is 13.7 Å². The molecular weight excluding hydrogens is 266 g/mol. The first kappa shape index (κ1) is 13.4. The number of ether oxygens (including phenoxy) is 1. The van der Waals surface area contributed by atoms with Crippen LogP contribution in [0.2, 0.25) is 0 Å². The van der Waals surface area contributed by atoms with Crippen molar-refractivity contribution in [1.29, 1.82) is 0 Å². The molecule has 1 unspecified atom stereocenters. The molecule has 4 nitrogen and oxygen atoms in total. The van der Waals surface area contributed by atoms with Gasteiger partial charge in [0.1, 0.15) is 0 Å². The summed E-state index contributed by atoms with van der Waals surface area (Å²) < 4.78 is 5.41. The van der Waals surface area contributed by atoms with E-state index in [0.717, 1.165) is 50.6 Å². The number of aromatic hydroxyl groups is 1. The lowest BCUT2D eigenvalue weighted by Crippen LogP contribution is -2.33. The minimum absolute atomic E-state index is 0.0178. The van der Waals surface area contributed by atoms with Crippen LogP contribution in [0.1, 0.15) is 54.8 Å². The highest BCUT2D eigenvalue weighted by molar-refractivity contribution is 5.61. The number of hydrogen-bond donors (Lipinski definition) is 3. The third-order valence-corrected chi connectivity index (χ3v) is 5.78. The number of phenolic OH excluding ortho intramolecular Hbond substituents is 1. The molecule has 21 heavy (non-hydrogen) atoms. The largest absolute Gasteiger partial charge is 0.504 e. The Morgan fingerprint density at radius 3 is 2.81 bits per heavy atom. The molecular formula is C17H23NO3. The van der Waals surface area contributed by atoms with Gasteiger partial charge in [-0.2, -0.15) is 0 Å². The standard InChI is InChI=1S/C17H23NO3/c1-21-13-8-10-4-7-18-12-9-17(5-2-11(19)3-6-17)15(14(10)12)16(13)20/h8,11-12,18-20H,2-7,9H2,1H3. The Bertz CT molecular complexity index is 576. The summed E-state index contributed by atoms with van der Waals surface area (Å²) in [5, 5.41) is 24.2. The summed E-state index contributed by atoms with van der Waals surface area (Å²) in [6, 6.07) is 2.37. The molecule has 1 aromatic carbocycles. The molecule has 1 heterocycles. The van der Waals surface area contributed by atoms with Gasteiger partial charge in [0.25, 0.3) is 0 Å². The predicted octanol–water partition coefficient (Wildman–Crippen LogP) is 2.16. The van der Waals surface area contributed by atoms with E-state index < -0.39 is 0 Å². The fourth-order valence-corrected chi connectivity index (χ4v) is 4.77. The molecule has 0 amide bonds. The molecule has 114 valence electrons. The summed E-state index contributed by atoms with van der Waals surface area (Å²) >= 11 is 0. The van der Waals surface area contributed by atoms with Crippen LogP contribution in [0, 0.1) is 0 Å². The maximum atomic E-state index is 10.7. The molecule has 0 bridgehead atoms. The lowest BCUT2D eigenvalue weighted by Gasteiger charge is -2.37. The zero-order chi connectivity index (χ0) is 14.6. The van der Waals surface area contributed by atoms with Crippen molar-refractivity contribution in [3.63, 3.8) is 0 Å². The summed E-state index contributed by atoms with van der Waals surface area (Å²) in [6.45, 7) is 0.990. The van der Waals surface area contributed by atoms with Gasteiger partial charge in [-0.1, -0.05) is 0 Å². The highest BCUT2D eigenvalue weighted by atomic mass is 16.5. The zero-order valence-corrected chi connectivity index (χ0v) is 12.5. The van der Waals surface area contributed by atoms with E-state index in [9.17, 15) is 10.2 Å². The first-order valence-electron chi connectivity index (χ1n) is 7.99. The molecule has 1 spiro atoms. The number of phenols is 1. The van der Waals surface area contributed by atoms with Crippen LogP contribution in [0.4, 0.5) is 0 Å². The monoisotopic (exact) mass is 289 g/mol. The highest BCUT2D eigenvalue weighted by Gasteiger charge is 2.49. The van der Waals surface area contributed by atoms with E-state index in [1.54, 1.807) is 7.11 Å². The molecule has 0 radical (unpaired) electrons. The van der Waals surface area contributed by atoms with Crippen molar-refractivity contribution in [3.05, 3.63) is 22.8 Å². The van der Waals surface area contributed by atoms with Crippen molar-refractivity contribution < 1.29 is 14.9 Å². The Kier molecular flexibility index (Phi) is 2.95. The number of rotatable bonds is 1. The quantitative estimate of drug-likeness (QED) is 0.741. The van der Waals surface area contributed by atoms with Crippen molar-refractivity contribution >= 4 is 0 Å². The van der Waals surface area contributed by atoms with Crippen LogP contribution in [-0.2, 0) is 11.8 Å². The van der Waals surface area contributed by atoms with Gasteiger partial charge in [-0.3, -0.25) is 0 Å². The van der Waals surface area contributed by atoms with E-state index in [0.29, 0.717) is 17.5 Å². The average molecular weight is 289 g/mol. The Morgan fingerprint density at radius 2 is 2.10 bits per heavy atom. The van der Waals surface area contributed by atoms with Crippen LogP contribution < -0.4 is 10.1 Å². The maximum absolute atomic E-state index is 10.7. The van der Waals surface area contributed by atoms with Crippen molar-refractivity contribution in [2.45, 2.75) is 56.1 Å². The van der Waals surface area contributed by atoms with Crippen LogP contribution in [0.3, 0.4) is 0 Å². The summed E-state index contributed by atoms with van der Waals surface area (Å²) in [7, 11) is 1.62. The van der Waals surface area contributed by atoms with Crippen LogP contribution in [0.5, 0.6) is 11.5 Å². The number of hydrogen-bond acceptors (Lipinski definition) is 4. The van der Waals surface area contributed by atoms with E-state index in [2.05, 4.69) is 5.32 Å². The number of nitrogens with one attached hydrogen (secondary N) is 1. The van der Waals surface area contributed by atoms with E-state index in [1.807, 2.05) is 6.07 Å². The maximum Gasteiger partial charge on any atom is 0.161 e. The first-order valence-corrected chi connectivity index (χ1v) is 7.99. The second kappa shape index (κ2) is 4.62. The topological polar surface area (TPSA) is 61.7 Å². The van der Waals surface area contributed by atoms with Gasteiger partial charge in [0.15, 0.2) is 11.5 Å². The number of methoxy groups -OCH3 is 1. The second-order valence-electron chi connectivity index (χ2n) is 6.85. The normalized spacial score (nSPS) is 34.0. The minimum Gasteiger partial charge on any atom is -0.504 e. The van der Waals surface area contributed by atoms with E-state index >= 15 is 0 Å². The lowest BCUT2D eigenvalue weighted by molar-refractivity contribution is 0.0919. The Hall–Kier alpha value is -1.26. The molecule has 4 rings (SSSR count). The van der Waals surface area contributed by atoms with Gasteiger partial charge in [-0.25, -0.2) is 0 Å². The smallest absolute Gasteiger partial charge is 0.161 e. The Labute approximate surface area is 125 Å². The SMILES string of the molecule is COc1cc2c3c(c1O)C1(CCC(O)CC1)CC3NCC2. The third-order valence-electron chi connectivity index (χ3n) is 5.78. The first-order chi connectivity index (χ1) is 10.1. The second-order valence-corrected chi connectivity index (χ2v) is 6.85. The van der Waals surface area contributed by atoms with E-state index in [1.165, 1.54) is 11.1 Å². The van der Waals surface area contributed by atoms with Crippen molar-refractivity contribution in [2.24, 2.45) is 0 Å². The van der Waals surface area contributed by atoms with Crippen LogP contribution in [-0.4, -0.2) is 30.0 Å².